The summed E-state index contributed by atoms with van der Waals surface area (Å²) in [4.78, 5) is 50.1. The Morgan fingerprint density at radius 2 is 1.70 bits per heavy atom. The number of fused-ring (bicyclic) bond motifs is 5. The van der Waals surface area contributed by atoms with E-state index < -0.39 is 70.1 Å². The monoisotopic (exact) mass is 620 g/mol. The van der Waals surface area contributed by atoms with Crippen molar-refractivity contribution >= 4 is 18.2 Å². The lowest BCUT2D eigenvalue weighted by atomic mass is 9.41. The van der Waals surface area contributed by atoms with Crippen molar-refractivity contribution in [1.82, 2.24) is 0 Å². The topological polar surface area (TPSA) is 201 Å². The van der Waals surface area contributed by atoms with E-state index in [2.05, 4.69) is 6.92 Å². The van der Waals surface area contributed by atoms with Gasteiger partial charge in [-0.15, -0.1) is 0 Å². The Labute approximate surface area is 255 Å². The molecule has 1 aromatic rings. The number of carbonyl (C=O) groups is 3. The zero-order valence-corrected chi connectivity index (χ0v) is 25.4. The van der Waals surface area contributed by atoms with Crippen molar-refractivity contribution in [3.63, 3.8) is 0 Å². The Bertz CT molecular complexity index is 1310. The summed E-state index contributed by atoms with van der Waals surface area (Å²) in [5, 5.41) is 52.3. The van der Waals surface area contributed by atoms with Crippen LogP contribution in [0, 0.1) is 22.7 Å². The third kappa shape index (κ3) is 4.93. The second-order valence-electron chi connectivity index (χ2n) is 13.8. The molecule has 0 aliphatic heterocycles. The van der Waals surface area contributed by atoms with Crippen molar-refractivity contribution in [2.75, 3.05) is 0 Å². The van der Waals surface area contributed by atoms with Gasteiger partial charge in [-0.25, -0.2) is 9.59 Å². The Kier molecular flexibility index (Phi) is 8.65. The maximum absolute atomic E-state index is 13.3. The van der Waals surface area contributed by atoms with Gasteiger partial charge in [-0.05, 0) is 87.7 Å². The van der Waals surface area contributed by atoms with Gasteiger partial charge in [0.05, 0.1) is 23.4 Å². The molecule has 4 aliphatic carbocycles. The minimum Gasteiger partial charge on any atom is -0.460 e. The first-order valence-corrected chi connectivity index (χ1v) is 15.5. The smallest absolute Gasteiger partial charge is 0.338 e. The van der Waals surface area contributed by atoms with Gasteiger partial charge in [-0.3, -0.25) is 4.79 Å². The van der Waals surface area contributed by atoms with Crippen LogP contribution >= 0.6 is 0 Å². The lowest BCUT2D eigenvalue weighted by Crippen LogP contribution is -2.69. The molecule has 0 radical (unpaired) electrons. The van der Waals surface area contributed by atoms with Crippen molar-refractivity contribution in [3.05, 3.63) is 34.4 Å². The molecule has 0 spiro atoms. The predicted octanol–water partition coefficient (Wildman–Crippen LogP) is 1.12. The van der Waals surface area contributed by atoms with E-state index in [0.29, 0.717) is 32.1 Å². The van der Waals surface area contributed by atoms with E-state index in [-0.39, 0.29) is 43.4 Å². The van der Waals surface area contributed by atoms with Crippen LogP contribution < -0.4 is 5.63 Å². The van der Waals surface area contributed by atoms with Gasteiger partial charge in [0.15, 0.2) is 6.10 Å². The van der Waals surface area contributed by atoms with Gasteiger partial charge in [0.1, 0.15) is 30.2 Å². The second-order valence-corrected chi connectivity index (χ2v) is 13.8. The number of ether oxygens (including phenoxy) is 2. The summed E-state index contributed by atoms with van der Waals surface area (Å²) in [6.45, 7) is 4.52. The Hall–Kier alpha value is -2.64. The number of esters is 2. The lowest BCUT2D eigenvalue weighted by molar-refractivity contribution is -0.256. The molecule has 4 fully saturated rings. The number of hydrogen-bond acceptors (Lipinski definition) is 12. The third-order valence-corrected chi connectivity index (χ3v) is 11.8. The minimum atomic E-state index is -2.13. The van der Waals surface area contributed by atoms with Gasteiger partial charge in [-0.2, -0.15) is 0 Å². The number of hydrogen-bond donors (Lipinski definition) is 5. The van der Waals surface area contributed by atoms with Crippen LogP contribution in [-0.2, 0) is 23.9 Å². The average molecular weight is 621 g/mol. The Balaban J connectivity index is 1.42. The highest BCUT2D eigenvalue weighted by Crippen LogP contribution is 2.71. The van der Waals surface area contributed by atoms with Crippen LogP contribution in [0.1, 0.15) is 90.0 Å². The zero-order chi connectivity index (χ0) is 32.2. The van der Waals surface area contributed by atoms with E-state index in [1.807, 2.05) is 0 Å². The van der Waals surface area contributed by atoms with Crippen LogP contribution in [0.2, 0.25) is 0 Å². The predicted molar refractivity (Wildman–Crippen MR) is 152 cm³/mol. The van der Waals surface area contributed by atoms with Gasteiger partial charge in [0.25, 0.3) is 0 Å². The van der Waals surface area contributed by atoms with Crippen LogP contribution in [0.25, 0.3) is 0 Å². The fourth-order valence-corrected chi connectivity index (χ4v) is 9.61. The van der Waals surface area contributed by atoms with E-state index in [1.165, 1.54) is 26.2 Å². The van der Waals surface area contributed by atoms with E-state index in [9.17, 15) is 44.7 Å². The molecule has 4 aliphatic rings. The van der Waals surface area contributed by atoms with E-state index in [1.54, 1.807) is 6.07 Å². The second kappa shape index (κ2) is 11.6. The molecule has 1 aromatic heterocycles. The largest absolute Gasteiger partial charge is 0.460 e. The molecule has 5 N–H and O–H groups in total. The minimum absolute atomic E-state index is 0.0105. The van der Waals surface area contributed by atoms with Crippen LogP contribution in [-0.4, -0.2) is 85.5 Å². The van der Waals surface area contributed by atoms with E-state index in [4.69, 9.17) is 13.9 Å². The average Bonchev–Trinajstić information content (AvgIpc) is 3.26. The van der Waals surface area contributed by atoms with Crippen molar-refractivity contribution < 1.29 is 53.8 Å². The first-order chi connectivity index (χ1) is 20.6. The maximum atomic E-state index is 13.3. The third-order valence-electron chi connectivity index (χ3n) is 11.8. The van der Waals surface area contributed by atoms with E-state index in [0.717, 1.165) is 11.8 Å². The van der Waals surface area contributed by atoms with Crippen molar-refractivity contribution in [2.45, 2.75) is 126 Å². The summed E-state index contributed by atoms with van der Waals surface area (Å²) in [5.74, 6) is -2.43. The summed E-state index contributed by atoms with van der Waals surface area (Å²) < 4.78 is 16.7. The Morgan fingerprint density at radius 3 is 2.32 bits per heavy atom. The van der Waals surface area contributed by atoms with Crippen LogP contribution in [0.3, 0.4) is 0 Å². The number of aliphatic hydroxyl groups is 5. The standard InChI is InChI=1S/C32H44O12/c1-17(34)25(37)26(38)27(39)28(40)43-20-6-11-30(16-33)22-7-10-29(3)21(19-4-5-24(36)42-15-19)9-13-32(29,41)23(22)8-12-31(30,14-20)44-18(2)35/h4-5,15-17,20-23,25-27,34,37-39,41H,6-14H2,1-3H3/t17-,20-,21-,22-,23-,25+,26-,27-,29+,30-,31-,32+/m1/s1. The first-order valence-electron chi connectivity index (χ1n) is 15.5. The summed E-state index contributed by atoms with van der Waals surface area (Å²) in [6.07, 6.45) is -2.36. The number of aldehydes is 1. The molecule has 244 valence electrons. The molecule has 0 bridgehead atoms. The highest BCUT2D eigenvalue weighted by Gasteiger charge is 2.72. The van der Waals surface area contributed by atoms with Gasteiger partial charge in [0.2, 0.25) is 0 Å². The summed E-state index contributed by atoms with van der Waals surface area (Å²) in [5.41, 5.74) is -3.73. The van der Waals surface area contributed by atoms with Crippen molar-refractivity contribution in [3.8, 4) is 0 Å². The molecule has 44 heavy (non-hydrogen) atoms. The maximum Gasteiger partial charge on any atom is 0.338 e. The Morgan fingerprint density at radius 1 is 1.00 bits per heavy atom. The quantitative estimate of drug-likeness (QED) is 0.205. The molecule has 0 saturated heterocycles. The lowest BCUT2D eigenvalue weighted by Gasteiger charge is -2.65. The fourth-order valence-electron chi connectivity index (χ4n) is 9.61. The molecule has 5 rings (SSSR count). The van der Waals surface area contributed by atoms with Crippen LogP contribution in [0.4, 0.5) is 0 Å². The van der Waals surface area contributed by atoms with Gasteiger partial charge in [0, 0.05) is 24.8 Å². The van der Waals surface area contributed by atoms with Crippen molar-refractivity contribution in [1.29, 1.82) is 0 Å². The number of aliphatic hydroxyl groups excluding tert-OH is 4. The molecule has 12 atom stereocenters. The molecule has 4 saturated carbocycles. The summed E-state index contributed by atoms with van der Waals surface area (Å²) in [6, 6.07) is 3.14. The van der Waals surface area contributed by atoms with Gasteiger partial charge < -0.3 is 44.2 Å². The van der Waals surface area contributed by atoms with E-state index >= 15 is 0 Å². The highest BCUT2D eigenvalue weighted by atomic mass is 16.6. The van der Waals surface area contributed by atoms with Crippen LogP contribution in [0.15, 0.2) is 27.6 Å². The van der Waals surface area contributed by atoms with Crippen molar-refractivity contribution in [2.24, 2.45) is 22.7 Å². The molecular weight excluding hydrogens is 576 g/mol. The summed E-state index contributed by atoms with van der Waals surface area (Å²) >= 11 is 0. The van der Waals surface area contributed by atoms with Crippen LogP contribution in [0.5, 0.6) is 0 Å². The normalized spacial score (nSPS) is 40.7. The van der Waals surface area contributed by atoms with Gasteiger partial charge >= 0.3 is 17.6 Å². The molecule has 0 amide bonds. The zero-order valence-electron chi connectivity index (χ0n) is 25.4. The summed E-state index contributed by atoms with van der Waals surface area (Å²) in [7, 11) is 0. The molecule has 0 unspecified atom stereocenters. The molecule has 12 nitrogen and oxygen atoms in total. The number of carbonyl (C=O) groups excluding carboxylic acids is 3. The molecular formula is C32H44O12. The first kappa shape index (κ1) is 32.7. The van der Waals surface area contributed by atoms with Gasteiger partial charge in [-0.1, -0.05) is 6.92 Å². The fraction of sp³-hybridized carbons (Fsp3) is 0.750. The number of rotatable bonds is 8. The highest BCUT2D eigenvalue weighted by molar-refractivity contribution is 5.75. The molecule has 1 heterocycles. The SMILES string of the molecule is CC(=O)O[C@@]12CC[C@@H]3[C@@H](CC[C@@]4(C)[C@@H](c5ccc(=O)oc5)CC[C@]34O)[C@]1(C=O)CC[C@@H](OC(=O)[C@H](O)[C@H](O)[C@@H](O)[C@@H](C)O)C2. The molecule has 0 aromatic carbocycles. The molecule has 12 heteroatoms.